The molecule has 0 aliphatic carbocycles. The maximum atomic E-state index is 13.8. The molecule has 0 saturated carbocycles. The number of carbonyl (C=O) groups excluding carboxylic acids is 1. The van der Waals surface area contributed by atoms with Crippen LogP contribution in [0.3, 0.4) is 0 Å². The Kier molecular flexibility index (Phi) is 9.93. The minimum absolute atomic E-state index is 0.0522. The Morgan fingerprint density at radius 3 is 2.05 bits per heavy atom. The van der Waals surface area contributed by atoms with Gasteiger partial charge in [0.1, 0.15) is 0 Å². The molecule has 0 bridgehead atoms. The molecular weight excluding hydrogens is 577 g/mol. The van der Waals surface area contributed by atoms with Crippen LogP contribution in [0.5, 0.6) is 0 Å². The van der Waals surface area contributed by atoms with Crippen LogP contribution >= 0.6 is 11.6 Å². The van der Waals surface area contributed by atoms with Gasteiger partial charge in [0.25, 0.3) is 5.56 Å². The second-order valence-corrected chi connectivity index (χ2v) is 8.09. The van der Waals surface area contributed by atoms with E-state index in [4.69, 9.17) is 21.1 Å². The van der Waals surface area contributed by atoms with E-state index < -0.39 is 82.9 Å². The summed E-state index contributed by atoms with van der Waals surface area (Å²) >= 11 is 5.91. The first-order valence-corrected chi connectivity index (χ1v) is 11.5. The molecule has 1 aromatic carbocycles. The van der Waals surface area contributed by atoms with E-state index in [9.17, 15) is 49.1 Å². The van der Waals surface area contributed by atoms with Crippen molar-refractivity contribution in [2.75, 3.05) is 18.1 Å². The number of anilines is 2. The van der Waals surface area contributed by atoms with E-state index in [0.717, 1.165) is 0 Å². The molecule has 0 amide bonds. The second-order valence-electron chi connectivity index (χ2n) is 7.71. The summed E-state index contributed by atoms with van der Waals surface area (Å²) in [5.41, 5.74) is -8.39. The van der Waals surface area contributed by atoms with Gasteiger partial charge in [0.2, 0.25) is 12.2 Å². The number of hydrogen-bond acceptors (Lipinski definition) is 6. The van der Waals surface area contributed by atoms with Gasteiger partial charge < -0.3 is 9.47 Å². The van der Waals surface area contributed by atoms with Crippen LogP contribution in [0.2, 0.25) is 5.02 Å². The molecule has 7 nitrogen and oxygen atoms in total. The van der Waals surface area contributed by atoms with Crippen LogP contribution in [-0.4, -0.2) is 35.0 Å². The molecule has 17 heteroatoms. The van der Waals surface area contributed by atoms with Crippen molar-refractivity contribution in [1.82, 2.24) is 9.55 Å². The Hall–Kier alpha value is -3.01. The first kappa shape index (κ1) is 32.2. The normalized spacial score (nSPS) is 13.4. The standard InChI is InChI=1S/C22H21ClF9N3O4/c1-4-7-34-15(36)10-14(22(30,31)32)33-19(34)35(17(38-5-2)18(37)39-6-3)13-9-11(20(24,25)26)8-12(16(13)23)21(27,28)29/h8-10,17H,4-7H2,1-3H3. The zero-order chi connectivity index (χ0) is 29.9. The number of ether oxygens (including phenoxy) is 2. The highest BCUT2D eigenvalue weighted by Gasteiger charge is 2.43. The Labute approximate surface area is 220 Å². The van der Waals surface area contributed by atoms with Gasteiger partial charge in [0, 0.05) is 19.2 Å². The highest BCUT2D eigenvalue weighted by molar-refractivity contribution is 6.34. The third-order valence-corrected chi connectivity index (χ3v) is 5.33. The van der Waals surface area contributed by atoms with E-state index in [-0.39, 0.29) is 36.1 Å². The van der Waals surface area contributed by atoms with Gasteiger partial charge in [-0.3, -0.25) is 14.3 Å². The summed E-state index contributed by atoms with van der Waals surface area (Å²) in [7, 11) is 0. The molecule has 1 atom stereocenters. The van der Waals surface area contributed by atoms with Crippen molar-refractivity contribution in [2.24, 2.45) is 0 Å². The molecule has 0 spiro atoms. The summed E-state index contributed by atoms with van der Waals surface area (Å²) in [6.45, 7) is 2.86. The fourth-order valence-electron chi connectivity index (χ4n) is 3.37. The van der Waals surface area contributed by atoms with Gasteiger partial charge in [-0.05, 0) is 32.4 Å². The molecule has 1 unspecified atom stereocenters. The van der Waals surface area contributed by atoms with E-state index in [0.29, 0.717) is 4.57 Å². The number of hydrogen-bond donors (Lipinski definition) is 0. The Bertz CT molecular complexity index is 1240. The first-order chi connectivity index (χ1) is 17.9. The molecule has 0 fully saturated rings. The number of benzene rings is 1. The summed E-state index contributed by atoms with van der Waals surface area (Å²) in [4.78, 5) is 29.0. The van der Waals surface area contributed by atoms with Crippen molar-refractivity contribution in [3.05, 3.63) is 50.4 Å². The van der Waals surface area contributed by atoms with Gasteiger partial charge in [-0.15, -0.1) is 0 Å². The summed E-state index contributed by atoms with van der Waals surface area (Å²) in [5, 5.41) is -1.43. The largest absolute Gasteiger partial charge is 0.463 e. The third kappa shape index (κ3) is 7.35. The predicted octanol–water partition coefficient (Wildman–Crippen LogP) is 6.43. The molecule has 0 aliphatic rings. The average Bonchev–Trinajstić information content (AvgIpc) is 2.79. The van der Waals surface area contributed by atoms with E-state index in [1.807, 2.05) is 0 Å². The van der Waals surface area contributed by atoms with E-state index in [1.165, 1.54) is 20.8 Å². The molecule has 1 aromatic heterocycles. The Morgan fingerprint density at radius 1 is 0.974 bits per heavy atom. The molecule has 0 radical (unpaired) electrons. The Balaban J connectivity index is 3.18. The minimum atomic E-state index is -5.48. The van der Waals surface area contributed by atoms with Crippen LogP contribution in [0.15, 0.2) is 23.0 Å². The lowest BCUT2D eigenvalue weighted by Crippen LogP contribution is -2.45. The van der Waals surface area contributed by atoms with Crippen LogP contribution in [0.1, 0.15) is 44.0 Å². The lowest BCUT2D eigenvalue weighted by atomic mass is 10.1. The molecule has 1 heterocycles. The first-order valence-electron chi connectivity index (χ1n) is 11.1. The molecule has 39 heavy (non-hydrogen) atoms. The highest BCUT2D eigenvalue weighted by atomic mass is 35.5. The van der Waals surface area contributed by atoms with E-state index >= 15 is 0 Å². The number of esters is 1. The van der Waals surface area contributed by atoms with Crippen LogP contribution in [0, 0.1) is 0 Å². The molecule has 0 aliphatic heterocycles. The maximum absolute atomic E-state index is 13.8. The van der Waals surface area contributed by atoms with Crippen LogP contribution in [0.4, 0.5) is 51.1 Å². The van der Waals surface area contributed by atoms with Crippen molar-refractivity contribution in [3.63, 3.8) is 0 Å². The zero-order valence-corrected chi connectivity index (χ0v) is 21.1. The summed E-state index contributed by atoms with van der Waals surface area (Å²) < 4.78 is 134. The quantitative estimate of drug-likeness (QED) is 0.189. The summed E-state index contributed by atoms with van der Waals surface area (Å²) in [6.07, 6.45) is -18.4. The Morgan fingerprint density at radius 2 is 1.59 bits per heavy atom. The lowest BCUT2D eigenvalue weighted by molar-refractivity contribution is -0.155. The molecule has 218 valence electrons. The van der Waals surface area contributed by atoms with Gasteiger partial charge in [-0.25, -0.2) is 9.78 Å². The third-order valence-electron chi connectivity index (χ3n) is 4.93. The van der Waals surface area contributed by atoms with Crippen molar-refractivity contribution in [3.8, 4) is 0 Å². The van der Waals surface area contributed by atoms with Gasteiger partial charge in [-0.1, -0.05) is 18.5 Å². The van der Waals surface area contributed by atoms with Gasteiger partial charge in [0.05, 0.1) is 28.4 Å². The molecule has 0 N–H and O–H groups in total. The van der Waals surface area contributed by atoms with Crippen LogP contribution < -0.4 is 10.5 Å². The zero-order valence-electron chi connectivity index (χ0n) is 20.4. The number of alkyl halides is 9. The number of aromatic nitrogens is 2. The van der Waals surface area contributed by atoms with Crippen LogP contribution in [-0.2, 0) is 39.3 Å². The molecule has 2 rings (SSSR count). The monoisotopic (exact) mass is 597 g/mol. The molecular formula is C22H21ClF9N3O4. The molecule has 0 saturated heterocycles. The van der Waals surface area contributed by atoms with Gasteiger partial charge in [-0.2, -0.15) is 39.5 Å². The van der Waals surface area contributed by atoms with E-state index in [2.05, 4.69) is 4.98 Å². The van der Waals surface area contributed by atoms with Gasteiger partial charge >= 0.3 is 24.5 Å². The lowest BCUT2D eigenvalue weighted by Gasteiger charge is -2.34. The van der Waals surface area contributed by atoms with E-state index in [1.54, 1.807) is 0 Å². The maximum Gasteiger partial charge on any atom is 0.433 e. The summed E-state index contributed by atoms with van der Waals surface area (Å²) in [6, 6.07) is -0.138. The van der Waals surface area contributed by atoms with Crippen molar-refractivity contribution in [2.45, 2.75) is 58.5 Å². The SMILES string of the molecule is CCCn1c(N(c2cc(C(F)(F)F)cc(C(F)(F)F)c2Cl)C(OCC)C(=O)OCC)nc(C(F)(F)F)cc1=O. The van der Waals surface area contributed by atoms with Crippen molar-refractivity contribution >= 4 is 29.2 Å². The summed E-state index contributed by atoms with van der Waals surface area (Å²) in [5.74, 6) is -2.58. The number of halogens is 10. The predicted molar refractivity (Wildman–Crippen MR) is 119 cm³/mol. The number of nitrogens with zero attached hydrogens (tertiary/aromatic N) is 3. The fourth-order valence-corrected chi connectivity index (χ4v) is 3.68. The molecule has 2 aromatic rings. The van der Waals surface area contributed by atoms with Crippen LogP contribution in [0.25, 0.3) is 0 Å². The second kappa shape index (κ2) is 12.0. The number of rotatable bonds is 9. The highest BCUT2D eigenvalue weighted by Crippen LogP contribution is 2.46. The average molecular weight is 598 g/mol. The van der Waals surface area contributed by atoms with Crippen molar-refractivity contribution < 1.29 is 53.8 Å². The number of carbonyl (C=O) groups is 1. The van der Waals surface area contributed by atoms with Crippen molar-refractivity contribution in [1.29, 1.82) is 0 Å². The topological polar surface area (TPSA) is 73.7 Å². The fraction of sp³-hybridized carbons (Fsp3) is 0.500. The minimum Gasteiger partial charge on any atom is -0.463 e. The van der Waals surface area contributed by atoms with Gasteiger partial charge in [0.15, 0.2) is 5.69 Å². The smallest absolute Gasteiger partial charge is 0.433 e.